The Morgan fingerprint density at radius 1 is 1.50 bits per heavy atom. The fourth-order valence-electron chi connectivity index (χ4n) is 1.13. The number of aliphatic carboxylic acids is 1. The SMILES string of the molecule is CC(CCn1nnnc1C(F)(F)C(F)F)C(=O)O. The molecule has 0 fully saturated rings. The fraction of sp³-hybridized carbons (Fsp3) is 0.750. The van der Waals surface area contributed by atoms with Gasteiger partial charge in [-0.15, -0.1) is 5.10 Å². The molecule has 1 rings (SSSR count). The lowest BCUT2D eigenvalue weighted by Gasteiger charge is -2.14. The first kappa shape index (κ1) is 14.3. The third kappa shape index (κ3) is 2.93. The van der Waals surface area contributed by atoms with Crippen LogP contribution >= 0.6 is 0 Å². The van der Waals surface area contributed by atoms with Gasteiger partial charge in [-0.2, -0.15) is 8.78 Å². The largest absolute Gasteiger partial charge is 0.481 e. The van der Waals surface area contributed by atoms with Crippen molar-refractivity contribution in [2.45, 2.75) is 32.2 Å². The Labute approximate surface area is 98.6 Å². The van der Waals surface area contributed by atoms with E-state index in [1.54, 1.807) is 0 Å². The van der Waals surface area contributed by atoms with E-state index in [-0.39, 0.29) is 13.0 Å². The maximum atomic E-state index is 13.0. The minimum absolute atomic E-state index is 0.0489. The topological polar surface area (TPSA) is 80.9 Å². The lowest BCUT2D eigenvalue weighted by Crippen LogP contribution is -2.29. The average molecular weight is 270 g/mol. The molecule has 1 heterocycles. The summed E-state index contributed by atoms with van der Waals surface area (Å²) in [5, 5.41) is 17.5. The Balaban J connectivity index is 2.81. The number of aromatic nitrogens is 4. The number of hydrogen-bond donors (Lipinski definition) is 1. The van der Waals surface area contributed by atoms with Crippen molar-refractivity contribution in [3.8, 4) is 0 Å². The summed E-state index contributed by atoms with van der Waals surface area (Å²) in [6.45, 7) is 1.08. The molecular formula is C8H10F4N4O2. The molecule has 1 aromatic rings. The second kappa shape index (κ2) is 5.27. The normalized spacial score (nSPS) is 13.9. The number of halogens is 4. The molecule has 0 radical (unpaired) electrons. The molecule has 0 amide bonds. The molecular weight excluding hydrogens is 260 g/mol. The predicted molar refractivity (Wildman–Crippen MR) is 49.1 cm³/mol. The van der Waals surface area contributed by atoms with Crippen LogP contribution in [0, 0.1) is 5.92 Å². The van der Waals surface area contributed by atoms with Gasteiger partial charge in [0.2, 0.25) is 5.82 Å². The molecule has 18 heavy (non-hydrogen) atoms. The molecule has 1 unspecified atom stereocenters. The number of hydrogen-bond acceptors (Lipinski definition) is 4. The first-order chi connectivity index (χ1) is 8.26. The van der Waals surface area contributed by atoms with Crippen molar-refractivity contribution in [2.75, 3.05) is 0 Å². The Bertz CT molecular complexity index is 423. The highest BCUT2D eigenvalue weighted by Crippen LogP contribution is 2.32. The highest BCUT2D eigenvalue weighted by molar-refractivity contribution is 5.69. The minimum atomic E-state index is -4.46. The van der Waals surface area contributed by atoms with Crippen molar-refractivity contribution in [3.05, 3.63) is 5.82 Å². The van der Waals surface area contributed by atoms with Gasteiger partial charge in [-0.3, -0.25) is 4.79 Å². The number of tetrazole rings is 1. The average Bonchev–Trinajstić information content (AvgIpc) is 2.73. The van der Waals surface area contributed by atoms with Crippen molar-refractivity contribution in [1.82, 2.24) is 20.2 Å². The molecule has 1 atom stereocenters. The van der Waals surface area contributed by atoms with Gasteiger partial charge in [0, 0.05) is 6.54 Å². The highest BCUT2D eigenvalue weighted by Gasteiger charge is 2.47. The Hall–Kier alpha value is -1.74. The van der Waals surface area contributed by atoms with Crippen LogP contribution in [0.5, 0.6) is 0 Å². The Morgan fingerprint density at radius 2 is 2.11 bits per heavy atom. The number of nitrogens with zero attached hydrogens (tertiary/aromatic N) is 4. The number of aryl methyl sites for hydroxylation is 1. The number of alkyl halides is 4. The van der Waals surface area contributed by atoms with E-state index in [2.05, 4.69) is 15.5 Å². The quantitative estimate of drug-likeness (QED) is 0.784. The fourth-order valence-corrected chi connectivity index (χ4v) is 1.13. The molecule has 0 aliphatic carbocycles. The zero-order chi connectivity index (χ0) is 13.9. The van der Waals surface area contributed by atoms with E-state index in [4.69, 9.17) is 5.11 Å². The molecule has 0 aliphatic rings. The summed E-state index contributed by atoms with van der Waals surface area (Å²) < 4.78 is 50.8. The summed E-state index contributed by atoms with van der Waals surface area (Å²) in [4.78, 5) is 10.5. The van der Waals surface area contributed by atoms with Gasteiger partial charge in [-0.05, 0) is 16.8 Å². The Kier molecular flexibility index (Phi) is 4.19. The van der Waals surface area contributed by atoms with Crippen LogP contribution in [0.2, 0.25) is 0 Å². The van der Waals surface area contributed by atoms with Crippen LogP contribution in [0.1, 0.15) is 19.2 Å². The van der Waals surface area contributed by atoms with E-state index in [0.29, 0.717) is 4.68 Å². The maximum Gasteiger partial charge on any atom is 0.367 e. The summed E-state index contributed by atoms with van der Waals surface area (Å²) in [5.74, 6) is -7.67. The van der Waals surface area contributed by atoms with Crippen LogP contribution in [-0.4, -0.2) is 37.7 Å². The molecule has 1 N–H and O–H groups in total. The van der Waals surface area contributed by atoms with E-state index in [0.717, 1.165) is 0 Å². The van der Waals surface area contributed by atoms with Crippen molar-refractivity contribution >= 4 is 5.97 Å². The zero-order valence-corrected chi connectivity index (χ0v) is 9.23. The van der Waals surface area contributed by atoms with Gasteiger partial charge in [0.15, 0.2) is 0 Å². The van der Waals surface area contributed by atoms with Crippen molar-refractivity contribution in [1.29, 1.82) is 0 Å². The summed E-state index contributed by atoms with van der Waals surface area (Å²) >= 11 is 0. The molecule has 10 heteroatoms. The van der Waals surface area contributed by atoms with Gasteiger partial charge in [0.1, 0.15) is 0 Å². The number of rotatable bonds is 6. The predicted octanol–water partition coefficient (Wildman–Crippen LogP) is 1.14. The van der Waals surface area contributed by atoms with Crippen LogP contribution in [-0.2, 0) is 17.3 Å². The smallest absolute Gasteiger partial charge is 0.367 e. The standard InChI is InChI=1S/C8H10F4N4O2/c1-4(5(17)18)2-3-16-7(13-14-15-16)8(11,12)6(9)10/h4,6H,2-3H2,1H3,(H,17,18). The molecule has 0 aliphatic heterocycles. The molecule has 0 aromatic carbocycles. The Morgan fingerprint density at radius 3 is 2.61 bits per heavy atom. The molecule has 6 nitrogen and oxygen atoms in total. The second-order valence-electron chi connectivity index (χ2n) is 3.68. The zero-order valence-electron chi connectivity index (χ0n) is 9.23. The van der Waals surface area contributed by atoms with Gasteiger partial charge in [-0.25, -0.2) is 13.5 Å². The molecule has 0 saturated heterocycles. The first-order valence-electron chi connectivity index (χ1n) is 4.92. The first-order valence-corrected chi connectivity index (χ1v) is 4.92. The number of carbonyl (C=O) groups is 1. The second-order valence-corrected chi connectivity index (χ2v) is 3.68. The van der Waals surface area contributed by atoms with Crippen molar-refractivity contribution in [3.63, 3.8) is 0 Å². The van der Waals surface area contributed by atoms with Gasteiger partial charge in [-0.1, -0.05) is 6.92 Å². The van der Waals surface area contributed by atoms with E-state index >= 15 is 0 Å². The molecule has 0 bridgehead atoms. The summed E-state index contributed by atoms with van der Waals surface area (Å²) in [7, 11) is 0. The summed E-state index contributed by atoms with van der Waals surface area (Å²) in [6, 6.07) is 0. The third-order valence-electron chi connectivity index (χ3n) is 2.30. The van der Waals surface area contributed by atoms with Gasteiger partial charge >= 0.3 is 18.3 Å². The van der Waals surface area contributed by atoms with Crippen molar-refractivity contribution in [2.24, 2.45) is 5.92 Å². The van der Waals surface area contributed by atoms with Crippen LogP contribution in [0.4, 0.5) is 17.6 Å². The lowest BCUT2D eigenvalue weighted by molar-refractivity contribution is -0.144. The summed E-state index contributed by atoms with van der Waals surface area (Å²) in [5.41, 5.74) is 0. The van der Waals surface area contributed by atoms with Gasteiger partial charge < -0.3 is 5.11 Å². The molecule has 102 valence electrons. The van der Waals surface area contributed by atoms with Crippen LogP contribution in [0.15, 0.2) is 0 Å². The van der Waals surface area contributed by atoms with E-state index < -0.39 is 30.1 Å². The third-order valence-corrected chi connectivity index (χ3v) is 2.30. The van der Waals surface area contributed by atoms with Gasteiger partial charge in [0.05, 0.1) is 5.92 Å². The van der Waals surface area contributed by atoms with E-state index in [1.165, 1.54) is 6.92 Å². The van der Waals surface area contributed by atoms with Crippen molar-refractivity contribution < 1.29 is 27.5 Å². The van der Waals surface area contributed by atoms with Crippen LogP contribution in [0.25, 0.3) is 0 Å². The summed E-state index contributed by atoms with van der Waals surface area (Å²) in [6.07, 6.45) is -3.98. The van der Waals surface area contributed by atoms with Crippen LogP contribution in [0.3, 0.4) is 0 Å². The molecule has 0 spiro atoms. The van der Waals surface area contributed by atoms with E-state index in [9.17, 15) is 22.4 Å². The number of carboxylic acid groups (broad SMARTS) is 1. The van der Waals surface area contributed by atoms with Gasteiger partial charge in [0.25, 0.3) is 0 Å². The lowest BCUT2D eigenvalue weighted by atomic mass is 10.1. The maximum absolute atomic E-state index is 13.0. The molecule has 1 aromatic heterocycles. The van der Waals surface area contributed by atoms with E-state index in [1.807, 2.05) is 0 Å². The minimum Gasteiger partial charge on any atom is -0.481 e. The van der Waals surface area contributed by atoms with Crippen LogP contribution < -0.4 is 0 Å². The number of carboxylic acids is 1. The monoisotopic (exact) mass is 270 g/mol. The molecule has 0 saturated carbocycles. The highest BCUT2D eigenvalue weighted by atomic mass is 19.3.